The number of fused-ring (bicyclic) bond motifs is 15. The van der Waals surface area contributed by atoms with Gasteiger partial charge in [-0.1, -0.05) is 144 Å². The zero-order chi connectivity index (χ0) is 46.5. The molecule has 0 unspecified atom stereocenters. The van der Waals surface area contributed by atoms with Crippen LogP contribution in [0.25, 0.3) is 72.3 Å². The molecule has 4 heterocycles. The summed E-state index contributed by atoms with van der Waals surface area (Å²) < 4.78 is 9.49. The van der Waals surface area contributed by atoms with Gasteiger partial charge in [0.1, 0.15) is 5.52 Å². The van der Waals surface area contributed by atoms with Crippen LogP contribution in [0.2, 0.25) is 0 Å². The third-order valence-corrected chi connectivity index (χ3v) is 16.7. The number of hydrogen-bond acceptors (Lipinski definition) is 3. The number of nitrogens with zero attached hydrogens (tertiary/aromatic N) is 3. The number of hydrogen-bond donors (Lipinski definition) is 0. The highest BCUT2D eigenvalue weighted by Crippen LogP contribution is 2.60. The number of oxazole rings is 1. The maximum Gasteiger partial charge on any atom is 0.333 e. The average Bonchev–Trinajstić information content (AvgIpc) is 3.94. The Morgan fingerprint density at radius 3 is 1.97 bits per heavy atom. The van der Waals surface area contributed by atoms with Crippen LogP contribution in [-0.2, 0) is 27.1 Å². The van der Waals surface area contributed by atoms with Gasteiger partial charge in [-0.25, -0.2) is 4.98 Å². The van der Waals surface area contributed by atoms with Crippen molar-refractivity contribution >= 4 is 62.1 Å². The van der Waals surface area contributed by atoms with E-state index in [9.17, 15) is 0 Å². The Kier molecular flexibility index (Phi) is 7.94. The van der Waals surface area contributed by atoms with E-state index in [1.165, 1.54) is 99.7 Å². The second kappa shape index (κ2) is 13.0. The molecule has 2 aliphatic heterocycles. The van der Waals surface area contributed by atoms with E-state index in [1.54, 1.807) is 0 Å². The first-order chi connectivity index (χ1) is 31.7. The van der Waals surface area contributed by atoms with Crippen LogP contribution in [0.5, 0.6) is 0 Å². The lowest BCUT2D eigenvalue weighted by molar-refractivity contribution is 0.332. The van der Waals surface area contributed by atoms with Gasteiger partial charge in [-0.05, 0) is 150 Å². The number of aromatic nitrogens is 2. The van der Waals surface area contributed by atoms with Crippen molar-refractivity contribution in [2.45, 2.75) is 123 Å². The van der Waals surface area contributed by atoms with E-state index < -0.39 is 0 Å². The molecule has 2 aromatic heterocycles. The van der Waals surface area contributed by atoms with Gasteiger partial charge in [0.05, 0.1) is 11.0 Å². The van der Waals surface area contributed by atoms with E-state index in [0.29, 0.717) is 5.89 Å². The molecule has 9 aromatic rings. The first-order valence-electron chi connectivity index (χ1n) is 24.6. The fraction of sp³-hybridized carbons (Fsp3) is 0.306. The van der Waals surface area contributed by atoms with Crippen molar-refractivity contribution in [2.24, 2.45) is 0 Å². The van der Waals surface area contributed by atoms with Gasteiger partial charge in [-0.3, -0.25) is 0 Å². The van der Waals surface area contributed by atoms with E-state index in [2.05, 4.69) is 208 Å². The van der Waals surface area contributed by atoms with Gasteiger partial charge in [-0.2, -0.15) is 0 Å². The second-order valence-electron chi connectivity index (χ2n) is 24.3. The van der Waals surface area contributed by atoms with Crippen LogP contribution in [-0.4, -0.2) is 16.4 Å². The lowest BCUT2D eigenvalue weighted by Crippen LogP contribution is -2.61. The fourth-order valence-electron chi connectivity index (χ4n) is 12.9. The Morgan fingerprint density at radius 2 is 1.27 bits per heavy atom. The van der Waals surface area contributed by atoms with Crippen molar-refractivity contribution in [1.29, 1.82) is 0 Å². The summed E-state index contributed by atoms with van der Waals surface area (Å²) in [4.78, 5) is 7.96. The predicted octanol–water partition coefficient (Wildman–Crippen LogP) is 15.1. The Labute approximate surface area is 396 Å². The summed E-state index contributed by atoms with van der Waals surface area (Å²) in [7, 11) is 0. The van der Waals surface area contributed by atoms with Crippen LogP contribution >= 0.6 is 0 Å². The minimum absolute atomic E-state index is 0.0234. The van der Waals surface area contributed by atoms with Gasteiger partial charge in [-0.15, -0.1) is 0 Å². The van der Waals surface area contributed by atoms with Crippen molar-refractivity contribution in [3.05, 3.63) is 155 Å². The van der Waals surface area contributed by atoms with Gasteiger partial charge in [0, 0.05) is 50.4 Å². The van der Waals surface area contributed by atoms with Crippen LogP contribution in [0.1, 0.15) is 129 Å². The first-order valence-corrected chi connectivity index (χ1v) is 24.6. The Morgan fingerprint density at radius 1 is 0.612 bits per heavy atom. The van der Waals surface area contributed by atoms with E-state index in [4.69, 9.17) is 9.40 Å². The maximum atomic E-state index is 6.82. The van der Waals surface area contributed by atoms with Gasteiger partial charge in [0.15, 0.2) is 5.58 Å². The van der Waals surface area contributed by atoms with Gasteiger partial charge >= 0.3 is 6.85 Å². The van der Waals surface area contributed by atoms with E-state index in [1.807, 2.05) is 6.07 Å². The van der Waals surface area contributed by atoms with Crippen LogP contribution in [0.3, 0.4) is 0 Å². The molecule has 5 heteroatoms. The molecule has 67 heavy (non-hydrogen) atoms. The average molecular weight is 874 g/mol. The van der Waals surface area contributed by atoms with Crippen LogP contribution in [0, 0.1) is 0 Å². The zero-order valence-corrected chi connectivity index (χ0v) is 41.3. The van der Waals surface area contributed by atoms with Gasteiger partial charge in [0.25, 0.3) is 0 Å². The highest BCUT2D eigenvalue weighted by molar-refractivity contribution is 6.94. The Bertz CT molecular complexity index is 3620. The Balaban J connectivity index is 1.27. The van der Waals surface area contributed by atoms with Crippen molar-refractivity contribution in [3.8, 4) is 39.4 Å². The summed E-state index contributed by atoms with van der Waals surface area (Å²) in [5.74, 6) is 0.646. The topological polar surface area (TPSA) is 34.2 Å². The summed E-state index contributed by atoms with van der Waals surface area (Å²) in [5, 5.41) is 2.72. The summed E-state index contributed by atoms with van der Waals surface area (Å²) in [6.45, 7) is 28.7. The molecule has 0 radical (unpaired) electrons. The van der Waals surface area contributed by atoms with E-state index in [0.717, 1.165) is 35.2 Å². The minimum Gasteiger partial charge on any atom is -0.436 e. The summed E-state index contributed by atoms with van der Waals surface area (Å²) in [5.41, 5.74) is 25.2. The third-order valence-electron chi connectivity index (χ3n) is 16.7. The summed E-state index contributed by atoms with van der Waals surface area (Å²) >= 11 is 0. The molecule has 0 saturated heterocycles. The standard InChI is InChI=1S/C62H60BN3O/c1-58(2,3)36-22-25-38(26-23-36)66-47-27-24-37(59(4,5)6)30-40(47)53-54-51(39-20-16-17-21-42(39)62(54,11)12)52-41-31-43-44(61(9,10)29-28-60(43,7)8)32-48(41)65-49-34-50-46(33-45(49)63(66)55(53)56(52)65)64-57(67-50)35-18-14-13-15-19-35/h13-27,30-34H,28-29H2,1-12H3. The van der Waals surface area contributed by atoms with Crippen LogP contribution in [0.15, 0.2) is 126 Å². The first kappa shape index (κ1) is 40.9. The minimum atomic E-state index is -0.271. The third kappa shape index (κ3) is 5.46. The molecule has 7 aromatic carbocycles. The van der Waals surface area contributed by atoms with Crippen molar-refractivity contribution < 1.29 is 4.42 Å². The van der Waals surface area contributed by atoms with Crippen molar-refractivity contribution in [2.75, 3.05) is 4.81 Å². The van der Waals surface area contributed by atoms with E-state index in [-0.39, 0.29) is 33.9 Å². The lowest BCUT2D eigenvalue weighted by Gasteiger charge is -2.44. The molecule has 4 nitrogen and oxygen atoms in total. The molecule has 0 bridgehead atoms. The Hall–Kier alpha value is -6.33. The fourth-order valence-corrected chi connectivity index (χ4v) is 12.9. The van der Waals surface area contributed by atoms with E-state index >= 15 is 0 Å². The van der Waals surface area contributed by atoms with Gasteiger partial charge in [0.2, 0.25) is 5.89 Å². The number of anilines is 2. The smallest absolute Gasteiger partial charge is 0.333 e. The molecule has 0 amide bonds. The molecular formula is C62H60BN3O. The predicted molar refractivity (Wildman–Crippen MR) is 283 cm³/mol. The molecule has 4 aliphatic rings. The molecule has 0 atom stereocenters. The number of benzene rings is 7. The maximum absolute atomic E-state index is 6.82. The molecule has 0 spiro atoms. The number of rotatable bonds is 2. The molecule has 332 valence electrons. The quantitative estimate of drug-likeness (QED) is 0.162. The van der Waals surface area contributed by atoms with Crippen molar-refractivity contribution in [3.63, 3.8) is 0 Å². The van der Waals surface area contributed by atoms with Crippen molar-refractivity contribution in [1.82, 2.24) is 9.55 Å². The largest absolute Gasteiger partial charge is 0.436 e. The monoisotopic (exact) mass is 873 g/mol. The molecule has 13 rings (SSSR count). The molecular weight excluding hydrogens is 814 g/mol. The van der Waals surface area contributed by atoms with Gasteiger partial charge < -0.3 is 13.8 Å². The summed E-state index contributed by atoms with van der Waals surface area (Å²) in [6, 6.07) is 46.5. The highest BCUT2D eigenvalue weighted by atomic mass is 16.3. The normalized spacial score (nSPS) is 17.1. The molecule has 0 saturated carbocycles. The lowest BCUT2D eigenvalue weighted by atomic mass is 9.43. The highest BCUT2D eigenvalue weighted by Gasteiger charge is 2.51. The zero-order valence-electron chi connectivity index (χ0n) is 41.3. The van der Waals surface area contributed by atoms with Crippen LogP contribution in [0.4, 0.5) is 11.4 Å². The summed E-state index contributed by atoms with van der Waals surface area (Å²) in [6.07, 6.45) is 2.31. The molecule has 2 aliphatic carbocycles. The SMILES string of the molecule is CC(C)(C)c1ccc(N2B3c4cc5nc(-c6ccccc6)oc5cc4-n4c5cc6c(cc5c5c7c(c(c3c54)-c3cc(C(C)(C)C)ccc32)C(C)(C)c2ccccc2-7)C(C)(C)CCC6(C)C)cc1. The molecule has 0 fully saturated rings. The van der Waals surface area contributed by atoms with Crippen LogP contribution < -0.4 is 15.7 Å². The second-order valence-corrected chi connectivity index (χ2v) is 24.3. The molecule has 0 N–H and O–H groups in total.